The zero-order valence-electron chi connectivity index (χ0n) is 11.0. The van der Waals surface area contributed by atoms with Gasteiger partial charge in [0.25, 0.3) is 0 Å². The molecular weight excluding hydrogens is 224 g/mol. The molecule has 0 fully saturated rings. The van der Waals surface area contributed by atoms with E-state index in [4.69, 9.17) is 0 Å². The highest BCUT2D eigenvalue weighted by atomic mass is 16.1. The molecule has 1 N–H and O–H groups in total. The number of nitrogens with zero attached hydrogens (tertiary/aromatic N) is 1. The van der Waals surface area contributed by atoms with Crippen molar-refractivity contribution in [2.45, 2.75) is 33.1 Å². The number of rotatable bonds is 4. The third-order valence-electron chi connectivity index (χ3n) is 3.48. The van der Waals surface area contributed by atoms with E-state index in [9.17, 15) is 4.79 Å². The van der Waals surface area contributed by atoms with Crippen molar-refractivity contribution in [1.82, 2.24) is 10.2 Å². The number of benzene rings is 1. The SMILES string of the molecule is CCC(C)c1ccc(-c2n[nH]c(C)c2C=O)cc1. The molecule has 0 aliphatic rings. The molecule has 0 bridgehead atoms. The third kappa shape index (κ3) is 2.21. The summed E-state index contributed by atoms with van der Waals surface area (Å²) < 4.78 is 0. The Morgan fingerprint density at radius 2 is 2.00 bits per heavy atom. The molecule has 0 radical (unpaired) electrons. The Hall–Kier alpha value is -1.90. The van der Waals surface area contributed by atoms with Crippen LogP contribution in [0.5, 0.6) is 0 Å². The van der Waals surface area contributed by atoms with Crippen LogP contribution in [0.1, 0.15) is 47.8 Å². The summed E-state index contributed by atoms with van der Waals surface area (Å²) in [6, 6.07) is 8.29. The molecule has 0 saturated heterocycles. The van der Waals surface area contributed by atoms with Crippen molar-refractivity contribution in [2.75, 3.05) is 0 Å². The van der Waals surface area contributed by atoms with E-state index < -0.39 is 0 Å². The predicted molar refractivity (Wildman–Crippen MR) is 72.9 cm³/mol. The summed E-state index contributed by atoms with van der Waals surface area (Å²) in [5, 5.41) is 7.05. The average Bonchev–Trinajstić information content (AvgIpc) is 2.79. The molecule has 1 unspecified atom stereocenters. The van der Waals surface area contributed by atoms with E-state index >= 15 is 0 Å². The molecule has 2 rings (SSSR count). The van der Waals surface area contributed by atoms with Gasteiger partial charge in [-0.25, -0.2) is 0 Å². The maximum Gasteiger partial charge on any atom is 0.154 e. The van der Waals surface area contributed by atoms with Crippen LogP contribution in [0.2, 0.25) is 0 Å². The van der Waals surface area contributed by atoms with Gasteiger partial charge in [-0.2, -0.15) is 5.10 Å². The molecule has 1 aromatic heterocycles. The summed E-state index contributed by atoms with van der Waals surface area (Å²) in [6.07, 6.45) is 1.98. The van der Waals surface area contributed by atoms with Crippen LogP contribution < -0.4 is 0 Å². The van der Waals surface area contributed by atoms with E-state index in [1.165, 1.54) is 5.56 Å². The standard InChI is InChI=1S/C15H18N2O/c1-4-10(2)12-5-7-13(8-6-12)15-14(9-18)11(3)16-17-15/h5-10H,4H2,1-3H3,(H,16,17). The number of carbonyl (C=O) groups excluding carboxylic acids is 1. The van der Waals surface area contributed by atoms with E-state index in [1.54, 1.807) is 0 Å². The lowest BCUT2D eigenvalue weighted by molar-refractivity contribution is 0.112. The Bertz CT molecular complexity index is 540. The van der Waals surface area contributed by atoms with E-state index in [2.05, 4.69) is 36.2 Å². The molecule has 3 heteroatoms. The van der Waals surface area contributed by atoms with Gasteiger partial charge in [-0.15, -0.1) is 0 Å². The first-order chi connectivity index (χ1) is 8.67. The molecular formula is C15H18N2O. The van der Waals surface area contributed by atoms with Crippen molar-refractivity contribution in [3.63, 3.8) is 0 Å². The van der Waals surface area contributed by atoms with E-state index in [-0.39, 0.29) is 0 Å². The van der Waals surface area contributed by atoms with E-state index in [0.717, 1.165) is 29.7 Å². The van der Waals surface area contributed by atoms with Gasteiger partial charge in [-0.05, 0) is 24.8 Å². The summed E-state index contributed by atoms with van der Waals surface area (Å²) in [5.41, 5.74) is 4.49. The molecule has 0 spiro atoms. The fourth-order valence-electron chi connectivity index (χ4n) is 2.01. The number of hydrogen-bond acceptors (Lipinski definition) is 2. The van der Waals surface area contributed by atoms with Gasteiger partial charge < -0.3 is 0 Å². The maximum atomic E-state index is 11.0. The van der Waals surface area contributed by atoms with Crippen LogP contribution in [0.4, 0.5) is 0 Å². The maximum absolute atomic E-state index is 11.0. The lowest BCUT2D eigenvalue weighted by Gasteiger charge is -2.09. The lowest BCUT2D eigenvalue weighted by atomic mass is 9.96. The summed E-state index contributed by atoms with van der Waals surface area (Å²) >= 11 is 0. The fourth-order valence-corrected chi connectivity index (χ4v) is 2.01. The first-order valence-electron chi connectivity index (χ1n) is 6.27. The van der Waals surface area contributed by atoms with Crippen LogP contribution in [0, 0.1) is 6.92 Å². The monoisotopic (exact) mass is 242 g/mol. The molecule has 18 heavy (non-hydrogen) atoms. The summed E-state index contributed by atoms with van der Waals surface area (Å²) in [7, 11) is 0. The molecule has 1 atom stereocenters. The van der Waals surface area contributed by atoms with Gasteiger partial charge in [-0.1, -0.05) is 38.1 Å². The number of aromatic nitrogens is 2. The number of H-pyrrole nitrogens is 1. The number of nitrogens with one attached hydrogen (secondary N) is 1. The van der Waals surface area contributed by atoms with Crippen LogP contribution in [0.15, 0.2) is 24.3 Å². The molecule has 0 amide bonds. The number of aldehydes is 1. The molecule has 0 aliphatic heterocycles. The van der Waals surface area contributed by atoms with E-state index in [0.29, 0.717) is 11.5 Å². The predicted octanol–water partition coefficient (Wildman–Crippen LogP) is 3.71. The van der Waals surface area contributed by atoms with Crippen molar-refractivity contribution in [3.8, 4) is 11.3 Å². The lowest BCUT2D eigenvalue weighted by Crippen LogP contribution is -1.91. The van der Waals surface area contributed by atoms with Crippen LogP contribution in [-0.2, 0) is 0 Å². The first-order valence-corrected chi connectivity index (χ1v) is 6.27. The van der Waals surface area contributed by atoms with Crippen molar-refractivity contribution >= 4 is 6.29 Å². The topological polar surface area (TPSA) is 45.8 Å². The highest BCUT2D eigenvalue weighted by Crippen LogP contribution is 2.25. The van der Waals surface area contributed by atoms with Crippen LogP contribution >= 0.6 is 0 Å². The highest BCUT2D eigenvalue weighted by molar-refractivity contribution is 5.87. The Balaban J connectivity index is 2.37. The van der Waals surface area contributed by atoms with Crippen molar-refractivity contribution in [2.24, 2.45) is 0 Å². The van der Waals surface area contributed by atoms with Crippen molar-refractivity contribution in [3.05, 3.63) is 41.1 Å². The number of aromatic amines is 1. The Kier molecular flexibility index (Phi) is 3.60. The Labute approximate surface area is 107 Å². The van der Waals surface area contributed by atoms with Gasteiger partial charge in [0.2, 0.25) is 0 Å². The van der Waals surface area contributed by atoms with Crippen LogP contribution in [0.3, 0.4) is 0 Å². The second-order valence-corrected chi connectivity index (χ2v) is 4.66. The number of aryl methyl sites for hydroxylation is 1. The molecule has 2 aromatic rings. The minimum Gasteiger partial charge on any atom is -0.298 e. The molecule has 1 heterocycles. The Morgan fingerprint density at radius 1 is 1.33 bits per heavy atom. The second kappa shape index (κ2) is 5.17. The molecule has 3 nitrogen and oxygen atoms in total. The number of hydrogen-bond donors (Lipinski definition) is 1. The van der Waals surface area contributed by atoms with Gasteiger partial charge in [0.05, 0.1) is 5.56 Å². The molecule has 0 saturated carbocycles. The minimum atomic E-state index is 0.561. The molecule has 1 aromatic carbocycles. The summed E-state index contributed by atoms with van der Waals surface area (Å²) in [4.78, 5) is 11.0. The van der Waals surface area contributed by atoms with Gasteiger partial charge in [0, 0.05) is 11.3 Å². The van der Waals surface area contributed by atoms with Gasteiger partial charge in [0.15, 0.2) is 6.29 Å². The van der Waals surface area contributed by atoms with Crippen molar-refractivity contribution in [1.29, 1.82) is 0 Å². The van der Waals surface area contributed by atoms with Gasteiger partial charge in [0.1, 0.15) is 5.69 Å². The Morgan fingerprint density at radius 3 is 2.56 bits per heavy atom. The largest absolute Gasteiger partial charge is 0.298 e. The second-order valence-electron chi connectivity index (χ2n) is 4.66. The van der Waals surface area contributed by atoms with Gasteiger partial charge in [-0.3, -0.25) is 9.89 Å². The first kappa shape index (κ1) is 12.6. The normalized spacial score (nSPS) is 12.4. The average molecular weight is 242 g/mol. The fraction of sp³-hybridized carbons (Fsp3) is 0.333. The molecule has 94 valence electrons. The smallest absolute Gasteiger partial charge is 0.154 e. The molecule has 0 aliphatic carbocycles. The van der Waals surface area contributed by atoms with Crippen LogP contribution in [0.25, 0.3) is 11.3 Å². The van der Waals surface area contributed by atoms with Crippen LogP contribution in [-0.4, -0.2) is 16.5 Å². The quantitative estimate of drug-likeness (QED) is 0.831. The van der Waals surface area contributed by atoms with Gasteiger partial charge >= 0.3 is 0 Å². The third-order valence-corrected chi connectivity index (χ3v) is 3.48. The highest BCUT2D eigenvalue weighted by Gasteiger charge is 2.11. The minimum absolute atomic E-state index is 0.561. The zero-order chi connectivity index (χ0) is 13.1. The summed E-state index contributed by atoms with van der Waals surface area (Å²) in [5.74, 6) is 0.561. The summed E-state index contributed by atoms with van der Waals surface area (Å²) in [6.45, 7) is 6.25. The van der Waals surface area contributed by atoms with E-state index in [1.807, 2.05) is 19.1 Å². The van der Waals surface area contributed by atoms with Crippen molar-refractivity contribution < 1.29 is 4.79 Å². The number of carbonyl (C=O) groups is 1. The zero-order valence-corrected chi connectivity index (χ0v) is 11.0.